The summed E-state index contributed by atoms with van der Waals surface area (Å²) in [5.74, 6) is 0. The first-order chi connectivity index (χ1) is 18.3. The molecule has 0 radical (unpaired) electrons. The molecule has 0 atom stereocenters. The number of hydrogen-bond acceptors (Lipinski definition) is 2. The van der Waals surface area contributed by atoms with Gasteiger partial charge in [-0.15, -0.1) is 0 Å². The molecule has 3 aromatic carbocycles. The number of nitrogens with one attached hydrogen (secondary N) is 2. The minimum atomic E-state index is 0.434. The molecule has 0 saturated carbocycles. The van der Waals surface area contributed by atoms with Gasteiger partial charge >= 0.3 is 0 Å². The SMILES string of the molecule is C=C/C=C/C.CC.CCc1c(C)c(CC)c(C)c(CN/C(Cl)=C(/Cl)NCc2cccc3ccccc23)c1C. The first-order valence-electron chi connectivity index (χ1n) is 13.6. The maximum atomic E-state index is 6.52. The van der Waals surface area contributed by atoms with Crippen molar-refractivity contribution < 1.29 is 0 Å². The molecule has 3 aromatic rings. The van der Waals surface area contributed by atoms with Gasteiger partial charge in [-0.25, -0.2) is 0 Å². The van der Waals surface area contributed by atoms with Crippen molar-refractivity contribution >= 4 is 34.0 Å². The Kier molecular flexibility index (Phi) is 15.6. The third-order valence-corrected chi connectivity index (χ3v) is 7.42. The van der Waals surface area contributed by atoms with Crippen molar-refractivity contribution in [1.82, 2.24) is 10.6 Å². The zero-order valence-corrected chi connectivity index (χ0v) is 26.1. The molecule has 0 heterocycles. The first kappa shape index (κ1) is 33.3. The summed E-state index contributed by atoms with van der Waals surface area (Å²) in [7, 11) is 0. The van der Waals surface area contributed by atoms with Crippen LogP contribution in [-0.2, 0) is 25.9 Å². The second-order valence-electron chi connectivity index (χ2n) is 8.75. The van der Waals surface area contributed by atoms with Gasteiger partial charge in [-0.1, -0.05) is 118 Å². The summed E-state index contributed by atoms with van der Waals surface area (Å²) in [6, 6.07) is 14.6. The van der Waals surface area contributed by atoms with Crippen molar-refractivity contribution in [3.63, 3.8) is 0 Å². The van der Waals surface area contributed by atoms with Gasteiger partial charge in [0.2, 0.25) is 0 Å². The van der Waals surface area contributed by atoms with Crippen LogP contribution in [0.2, 0.25) is 0 Å². The van der Waals surface area contributed by atoms with Crippen LogP contribution >= 0.6 is 23.2 Å². The van der Waals surface area contributed by atoms with Crippen molar-refractivity contribution in [1.29, 1.82) is 0 Å². The van der Waals surface area contributed by atoms with E-state index < -0.39 is 0 Å². The van der Waals surface area contributed by atoms with Crippen LogP contribution < -0.4 is 10.6 Å². The zero-order valence-electron chi connectivity index (χ0n) is 24.6. The van der Waals surface area contributed by atoms with Crippen LogP contribution in [0.15, 0.2) is 77.6 Å². The third-order valence-electron chi connectivity index (χ3n) is 6.68. The highest BCUT2D eigenvalue weighted by Crippen LogP contribution is 2.28. The lowest BCUT2D eigenvalue weighted by molar-refractivity contribution is 0.790. The fraction of sp³-hybridized carbons (Fsp3) is 0.353. The minimum absolute atomic E-state index is 0.434. The molecule has 2 nitrogen and oxygen atoms in total. The maximum absolute atomic E-state index is 6.52. The van der Waals surface area contributed by atoms with Gasteiger partial charge in [0, 0.05) is 13.1 Å². The molecule has 4 heteroatoms. The number of rotatable bonds is 9. The Morgan fingerprint density at radius 3 is 1.76 bits per heavy atom. The van der Waals surface area contributed by atoms with Crippen LogP contribution in [0.3, 0.4) is 0 Å². The number of benzene rings is 3. The Morgan fingerprint density at radius 1 is 0.763 bits per heavy atom. The maximum Gasteiger partial charge on any atom is 0.137 e. The monoisotopic (exact) mass is 552 g/mol. The summed E-state index contributed by atoms with van der Waals surface area (Å²) >= 11 is 13.0. The summed E-state index contributed by atoms with van der Waals surface area (Å²) in [6.45, 7) is 21.8. The van der Waals surface area contributed by atoms with Crippen molar-refractivity contribution in [2.24, 2.45) is 0 Å². The van der Waals surface area contributed by atoms with Crippen molar-refractivity contribution in [2.75, 3.05) is 0 Å². The lowest BCUT2D eigenvalue weighted by Crippen LogP contribution is -2.19. The molecule has 0 aliphatic heterocycles. The molecule has 38 heavy (non-hydrogen) atoms. The Bertz CT molecular complexity index is 1200. The van der Waals surface area contributed by atoms with Gasteiger partial charge in [-0.3, -0.25) is 0 Å². The normalized spacial score (nSPS) is 11.2. The second-order valence-corrected chi connectivity index (χ2v) is 9.51. The van der Waals surface area contributed by atoms with Gasteiger partial charge in [0.25, 0.3) is 0 Å². The van der Waals surface area contributed by atoms with E-state index in [1.807, 2.05) is 32.9 Å². The van der Waals surface area contributed by atoms with Gasteiger partial charge in [-0.05, 0) is 90.3 Å². The molecule has 206 valence electrons. The molecule has 0 fully saturated rings. The quantitative estimate of drug-likeness (QED) is 0.203. The first-order valence-corrected chi connectivity index (χ1v) is 14.4. The third kappa shape index (κ3) is 8.96. The van der Waals surface area contributed by atoms with E-state index in [0.29, 0.717) is 23.4 Å². The van der Waals surface area contributed by atoms with E-state index in [4.69, 9.17) is 23.2 Å². The Morgan fingerprint density at radius 2 is 1.26 bits per heavy atom. The highest BCUT2D eigenvalue weighted by molar-refractivity contribution is 6.38. The highest BCUT2D eigenvalue weighted by Gasteiger charge is 2.15. The van der Waals surface area contributed by atoms with E-state index >= 15 is 0 Å². The molecular formula is C34H46Cl2N2. The molecule has 0 saturated heterocycles. The fourth-order valence-electron chi connectivity index (χ4n) is 4.79. The lowest BCUT2D eigenvalue weighted by Gasteiger charge is -2.22. The molecule has 0 aliphatic rings. The summed E-state index contributed by atoms with van der Waals surface area (Å²) in [6.07, 6.45) is 7.65. The molecule has 3 rings (SSSR count). The second kappa shape index (κ2) is 17.8. The van der Waals surface area contributed by atoms with Crippen LogP contribution in [0.4, 0.5) is 0 Å². The molecule has 0 unspecified atom stereocenters. The fourth-order valence-corrected chi connectivity index (χ4v) is 5.06. The van der Waals surface area contributed by atoms with Crippen LogP contribution in [-0.4, -0.2) is 0 Å². The van der Waals surface area contributed by atoms with Gasteiger partial charge in [-0.2, -0.15) is 0 Å². The molecule has 2 N–H and O–H groups in total. The minimum Gasteiger partial charge on any atom is -0.369 e. The van der Waals surface area contributed by atoms with E-state index in [0.717, 1.165) is 12.8 Å². The van der Waals surface area contributed by atoms with E-state index in [1.165, 1.54) is 49.7 Å². The number of halogens is 2. The Balaban J connectivity index is 0.000000924. The predicted molar refractivity (Wildman–Crippen MR) is 172 cm³/mol. The van der Waals surface area contributed by atoms with Gasteiger partial charge in [0.1, 0.15) is 10.3 Å². The topological polar surface area (TPSA) is 24.1 Å². The highest BCUT2D eigenvalue weighted by atomic mass is 35.5. The van der Waals surface area contributed by atoms with E-state index in [9.17, 15) is 0 Å². The summed E-state index contributed by atoms with van der Waals surface area (Å²) < 4.78 is 0. The van der Waals surface area contributed by atoms with E-state index in [1.54, 1.807) is 6.08 Å². The summed E-state index contributed by atoms with van der Waals surface area (Å²) in [5.41, 5.74) is 9.53. The Hall–Kier alpha value is -2.68. The van der Waals surface area contributed by atoms with E-state index in [-0.39, 0.29) is 0 Å². The number of hydrogen-bond donors (Lipinski definition) is 2. The van der Waals surface area contributed by atoms with E-state index in [2.05, 4.69) is 94.3 Å². The lowest BCUT2D eigenvalue weighted by atomic mass is 9.86. The molecule has 0 spiro atoms. The summed E-state index contributed by atoms with van der Waals surface area (Å²) in [4.78, 5) is 0. The van der Waals surface area contributed by atoms with Crippen molar-refractivity contribution in [2.45, 2.75) is 81.3 Å². The van der Waals surface area contributed by atoms with Crippen LogP contribution in [0, 0.1) is 20.8 Å². The van der Waals surface area contributed by atoms with Crippen molar-refractivity contribution in [3.05, 3.63) is 117 Å². The van der Waals surface area contributed by atoms with Gasteiger partial charge < -0.3 is 10.6 Å². The average molecular weight is 554 g/mol. The standard InChI is InChI=1S/C27H32Cl2N2.C5H8.C2H6/c1-6-22-17(3)23(7-2)19(5)25(18(22)4)16-31-27(29)26(28)30-15-21-13-10-12-20-11-8-9-14-24(20)21;1-3-5-4-2;1-2/h8-14,30-31H,6-7,15-16H2,1-5H3;3-5H,1H2,2H3;1-2H3/b27-26-;5-4+;. The average Bonchev–Trinajstić information content (AvgIpc) is 2.93. The Labute approximate surface area is 241 Å². The number of allylic oxidation sites excluding steroid dienone is 3. The van der Waals surface area contributed by atoms with Gasteiger partial charge in [0.05, 0.1) is 0 Å². The molecule has 0 amide bonds. The van der Waals surface area contributed by atoms with Crippen LogP contribution in [0.1, 0.15) is 73.6 Å². The van der Waals surface area contributed by atoms with Crippen LogP contribution in [0.25, 0.3) is 10.8 Å². The largest absolute Gasteiger partial charge is 0.369 e. The van der Waals surface area contributed by atoms with Crippen molar-refractivity contribution in [3.8, 4) is 0 Å². The zero-order chi connectivity index (χ0) is 28.7. The van der Waals surface area contributed by atoms with Crippen LogP contribution in [0.5, 0.6) is 0 Å². The summed E-state index contributed by atoms with van der Waals surface area (Å²) in [5, 5.41) is 9.90. The predicted octanol–water partition coefficient (Wildman–Crippen LogP) is 10.1. The molecule has 0 aliphatic carbocycles. The molecular weight excluding hydrogens is 507 g/mol. The smallest absolute Gasteiger partial charge is 0.137 e. The molecule has 0 bridgehead atoms. The molecule has 0 aromatic heterocycles. The number of fused-ring (bicyclic) bond motifs is 1. The van der Waals surface area contributed by atoms with Gasteiger partial charge in [0.15, 0.2) is 0 Å².